The Morgan fingerprint density at radius 3 is 2.55 bits per heavy atom. The van der Waals surface area contributed by atoms with Crippen LogP contribution in [0.25, 0.3) is 0 Å². The minimum atomic E-state index is -0.154. The summed E-state index contributed by atoms with van der Waals surface area (Å²) in [4.78, 5) is 15.2. The molecule has 0 saturated heterocycles. The van der Waals surface area contributed by atoms with Crippen molar-refractivity contribution in [3.63, 3.8) is 0 Å². The van der Waals surface area contributed by atoms with E-state index in [9.17, 15) is 4.79 Å². The number of benzene rings is 1. The molecular weight excluding hydrogens is 278 g/mol. The summed E-state index contributed by atoms with van der Waals surface area (Å²) in [6.07, 6.45) is 3.21. The van der Waals surface area contributed by atoms with Gasteiger partial charge in [0.1, 0.15) is 0 Å². The summed E-state index contributed by atoms with van der Waals surface area (Å²) in [5, 5.41) is 6.57. The van der Waals surface area contributed by atoms with Gasteiger partial charge in [0.2, 0.25) is 0 Å². The number of rotatable bonds is 8. The molecule has 0 aliphatic heterocycles. The second-order valence-electron chi connectivity index (χ2n) is 5.01. The molecule has 0 aromatic heterocycles. The van der Waals surface area contributed by atoms with E-state index in [2.05, 4.69) is 51.6 Å². The van der Waals surface area contributed by atoms with Crippen LogP contribution in [0.1, 0.15) is 37.3 Å². The summed E-state index contributed by atoms with van der Waals surface area (Å²) < 4.78 is 4.61. The number of nitrogens with zero attached hydrogens (tertiary/aromatic N) is 1. The highest BCUT2D eigenvalue weighted by Gasteiger charge is 2.03. The lowest BCUT2D eigenvalue weighted by atomic mass is 10.1. The number of aryl methyl sites for hydroxylation is 1. The molecule has 0 aliphatic rings. The Balaban J connectivity index is 2.29. The van der Waals surface area contributed by atoms with Gasteiger partial charge in [0.05, 0.1) is 7.11 Å². The van der Waals surface area contributed by atoms with Crippen LogP contribution < -0.4 is 10.6 Å². The van der Waals surface area contributed by atoms with E-state index in [4.69, 9.17) is 0 Å². The van der Waals surface area contributed by atoms with Gasteiger partial charge in [-0.1, -0.05) is 31.2 Å². The fraction of sp³-hybridized carbons (Fsp3) is 0.529. The van der Waals surface area contributed by atoms with E-state index in [1.165, 1.54) is 18.2 Å². The molecule has 0 heterocycles. The molecule has 5 heteroatoms. The molecule has 1 aromatic rings. The van der Waals surface area contributed by atoms with Crippen LogP contribution in [0.15, 0.2) is 29.3 Å². The highest BCUT2D eigenvalue weighted by molar-refractivity contribution is 5.79. The van der Waals surface area contributed by atoms with Gasteiger partial charge in [-0.25, -0.2) is 0 Å². The third-order valence-corrected chi connectivity index (χ3v) is 3.50. The van der Waals surface area contributed by atoms with Crippen molar-refractivity contribution in [1.29, 1.82) is 0 Å². The highest BCUT2D eigenvalue weighted by Crippen LogP contribution is 2.08. The molecule has 1 aromatic carbocycles. The van der Waals surface area contributed by atoms with Crippen molar-refractivity contribution in [2.75, 3.05) is 20.7 Å². The smallest absolute Gasteiger partial charge is 0.305 e. The number of carbonyl (C=O) groups is 1. The van der Waals surface area contributed by atoms with Crippen molar-refractivity contribution in [3.8, 4) is 0 Å². The average Bonchev–Trinajstić information content (AvgIpc) is 2.57. The van der Waals surface area contributed by atoms with E-state index in [0.717, 1.165) is 38.3 Å². The molecule has 0 spiro atoms. The topological polar surface area (TPSA) is 62.7 Å². The molecule has 0 bridgehead atoms. The van der Waals surface area contributed by atoms with Crippen LogP contribution in [0.5, 0.6) is 0 Å². The molecule has 0 unspecified atom stereocenters. The zero-order chi connectivity index (χ0) is 16.2. The fourth-order valence-electron chi connectivity index (χ4n) is 2.18. The summed E-state index contributed by atoms with van der Waals surface area (Å²) in [6.45, 7) is 3.70. The van der Waals surface area contributed by atoms with E-state index in [-0.39, 0.29) is 5.97 Å². The van der Waals surface area contributed by atoms with Crippen molar-refractivity contribution in [2.24, 2.45) is 4.99 Å². The number of unbranched alkanes of at least 4 members (excludes halogenated alkanes) is 1. The first-order valence-electron chi connectivity index (χ1n) is 7.79. The van der Waals surface area contributed by atoms with Gasteiger partial charge in [-0.05, 0) is 30.4 Å². The Bertz CT molecular complexity index is 487. The maximum Gasteiger partial charge on any atom is 0.305 e. The first-order chi connectivity index (χ1) is 10.7. The molecular formula is C17H27N3O2. The summed E-state index contributed by atoms with van der Waals surface area (Å²) >= 11 is 0. The van der Waals surface area contributed by atoms with Gasteiger partial charge in [-0.15, -0.1) is 0 Å². The third-order valence-electron chi connectivity index (χ3n) is 3.50. The third kappa shape index (κ3) is 6.61. The number of nitrogens with one attached hydrogen (secondary N) is 2. The fourth-order valence-corrected chi connectivity index (χ4v) is 2.18. The first kappa shape index (κ1) is 18.0. The van der Waals surface area contributed by atoms with Crippen LogP contribution in [0.4, 0.5) is 0 Å². The van der Waals surface area contributed by atoms with Crippen LogP contribution in [0.2, 0.25) is 0 Å². The van der Waals surface area contributed by atoms with E-state index in [1.807, 2.05) is 0 Å². The zero-order valence-corrected chi connectivity index (χ0v) is 13.8. The minimum absolute atomic E-state index is 0.154. The molecule has 0 saturated carbocycles. The van der Waals surface area contributed by atoms with Crippen molar-refractivity contribution in [3.05, 3.63) is 35.4 Å². The number of ether oxygens (including phenoxy) is 1. The van der Waals surface area contributed by atoms with E-state index in [1.54, 1.807) is 7.05 Å². The summed E-state index contributed by atoms with van der Waals surface area (Å²) in [5.41, 5.74) is 2.64. The first-order valence-corrected chi connectivity index (χ1v) is 7.79. The normalized spacial score (nSPS) is 11.1. The van der Waals surface area contributed by atoms with Gasteiger partial charge >= 0.3 is 5.97 Å². The monoisotopic (exact) mass is 305 g/mol. The van der Waals surface area contributed by atoms with Crippen LogP contribution >= 0.6 is 0 Å². The minimum Gasteiger partial charge on any atom is -0.469 e. The number of esters is 1. The number of carbonyl (C=O) groups excluding carboxylic acids is 1. The number of guanidine groups is 1. The Kier molecular flexibility index (Phi) is 8.72. The lowest BCUT2D eigenvalue weighted by Crippen LogP contribution is -2.37. The molecule has 0 aliphatic carbocycles. The largest absolute Gasteiger partial charge is 0.469 e. The number of hydrogen-bond donors (Lipinski definition) is 2. The Labute approximate surface area is 133 Å². The lowest BCUT2D eigenvalue weighted by molar-refractivity contribution is -0.140. The lowest BCUT2D eigenvalue weighted by Gasteiger charge is -2.13. The van der Waals surface area contributed by atoms with E-state index >= 15 is 0 Å². The van der Waals surface area contributed by atoms with Crippen molar-refractivity contribution in [1.82, 2.24) is 10.6 Å². The molecule has 122 valence electrons. The zero-order valence-electron chi connectivity index (χ0n) is 13.8. The number of hydrogen-bond acceptors (Lipinski definition) is 3. The molecule has 5 nitrogen and oxygen atoms in total. The van der Waals surface area contributed by atoms with Gasteiger partial charge in [0, 0.05) is 26.6 Å². The van der Waals surface area contributed by atoms with Crippen molar-refractivity contribution >= 4 is 11.9 Å². The molecule has 22 heavy (non-hydrogen) atoms. The summed E-state index contributed by atoms with van der Waals surface area (Å²) in [5.74, 6) is 0.627. The van der Waals surface area contributed by atoms with Gasteiger partial charge in [0.15, 0.2) is 5.96 Å². The Morgan fingerprint density at radius 1 is 1.18 bits per heavy atom. The number of aliphatic imine (C=N–C) groups is 1. The maximum atomic E-state index is 11.0. The standard InChI is InChI=1S/C17H27N3O2/c1-4-14-9-5-6-10-15(14)13-20-17(18-2)19-12-8-7-11-16(21)22-3/h5-6,9-10H,4,7-8,11-13H2,1-3H3,(H2,18,19,20). The highest BCUT2D eigenvalue weighted by atomic mass is 16.5. The Hall–Kier alpha value is -2.04. The SMILES string of the molecule is CCc1ccccc1CNC(=NC)NCCCCC(=O)OC. The second-order valence-corrected chi connectivity index (χ2v) is 5.01. The average molecular weight is 305 g/mol. The number of methoxy groups -OCH3 is 1. The predicted molar refractivity (Wildman–Crippen MR) is 89.9 cm³/mol. The molecule has 2 N–H and O–H groups in total. The van der Waals surface area contributed by atoms with Crippen molar-refractivity contribution < 1.29 is 9.53 Å². The molecule has 0 amide bonds. The van der Waals surface area contributed by atoms with E-state index < -0.39 is 0 Å². The van der Waals surface area contributed by atoms with E-state index in [0.29, 0.717) is 6.42 Å². The quantitative estimate of drug-likeness (QED) is 0.335. The Morgan fingerprint density at radius 2 is 1.91 bits per heavy atom. The van der Waals surface area contributed by atoms with Gasteiger partial charge < -0.3 is 15.4 Å². The predicted octanol–water partition coefficient (Wildman–Crippen LogP) is 2.26. The van der Waals surface area contributed by atoms with Gasteiger partial charge in [-0.2, -0.15) is 0 Å². The molecule has 0 radical (unpaired) electrons. The maximum absolute atomic E-state index is 11.0. The molecule has 1 rings (SSSR count). The second kappa shape index (κ2) is 10.7. The summed E-state index contributed by atoms with van der Waals surface area (Å²) in [6, 6.07) is 8.41. The van der Waals surface area contributed by atoms with Crippen LogP contribution in [-0.4, -0.2) is 32.6 Å². The van der Waals surface area contributed by atoms with Gasteiger partial charge in [0.25, 0.3) is 0 Å². The van der Waals surface area contributed by atoms with Gasteiger partial charge in [-0.3, -0.25) is 9.79 Å². The van der Waals surface area contributed by atoms with Crippen LogP contribution in [0, 0.1) is 0 Å². The molecule has 0 atom stereocenters. The van der Waals surface area contributed by atoms with Crippen LogP contribution in [0.3, 0.4) is 0 Å². The van der Waals surface area contributed by atoms with Crippen LogP contribution in [-0.2, 0) is 22.5 Å². The van der Waals surface area contributed by atoms with Crippen molar-refractivity contribution in [2.45, 2.75) is 39.2 Å². The molecule has 0 fully saturated rings. The summed E-state index contributed by atoms with van der Waals surface area (Å²) in [7, 11) is 3.18.